The number of furan rings is 1. The fourth-order valence-electron chi connectivity index (χ4n) is 2.48. The molecule has 2 rings (SSSR count). The summed E-state index contributed by atoms with van der Waals surface area (Å²) in [6, 6.07) is 12.4. The van der Waals surface area contributed by atoms with Crippen molar-refractivity contribution >= 4 is 0 Å². The van der Waals surface area contributed by atoms with Crippen molar-refractivity contribution in [3.8, 4) is 0 Å². The Kier molecular flexibility index (Phi) is 4.76. The molecule has 0 spiro atoms. The Morgan fingerprint density at radius 2 is 1.67 bits per heavy atom. The van der Waals surface area contributed by atoms with E-state index in [2.05, 4.69) is 0 Å². The first kappa shape index (κ1) is 15.7. The largest absolute Gasteiger partial charge is 0.456 e. The van der Waals surface area contributed by atoms with E-state index in [4.69, 9.17) is 4.42 Å². The minimum Gasteiger partial charge on any atom is -0.456 e. The fraction of sp³-hybridized carbons (Fsp3) is 0.412. The molecule has 1 aromatic heterocycles. The van der Waals surface area contributed by atoms with E-state index in [1.807, 2.05) is 44.2 Å². The molecule has 2 aromatic rings. The first-order chi connectivity index (χ1) is 9.88. The number of halogens is 3. The van der Waals surface area contributed by atoms with Gasteiger partial charge in [-0.2, -0.15) is 13.2 Å². The number of aryl methyl sites for hydroxylation is 1. The molecule has 114 valence electrons. The van der Waals surface area contributed by atoms with E-state index in [-0.39, 0.29) is 11.8 Å². The van der Waals surface area contributed by atoms with Crippen LogP contribution in [0.3, 0.4) is 0 Å². The number of benzene rings is 1. The van der Waals surface area contributed by atoms with Crippen molar-refractivity contribution in [2.75, 3.05) is 0 Å². The van der Waals surface area contributed by atoms with Crippen LogP contribution >= 0.6 is 0 Å². The van der Waals surface area contributed by atoms with E-state index in [0.717, 1.165) is 18.9 Å². The van der Waals surface area contributed by atoms with Crippen LogP contribution in [-0.4, -0.2) is 0 Å². The molecule has 0 radical (unpaired) electrons. The molecule has 0 aliphatic carbocycles. The average Bonchev–Trinajstić information content (AvgIpc) is 2.89. The van der Waals surface area contributed by atoms with Gasteiger partial charge in [0.15, 0.2) is 0 Å². The maximum Gasteiger partial charge on any atom is 0.449 e. The van der Waals surface area contributed by atoms with Crippen LogP contribution in [0, 0.1) is 5.92 Å². The van der Waals surface area contributed by atoms with Gasteiger partial charge < -0.3 is 4.42 Å². The van der Waals surface area contributed by atoms with Gasteiger partial charge in [0.1, 0.15) is 5.76 Å². The van der Waals surface area contributed by atoms with Crippen LogP contribution < -0.4 is 0 Å². The van der Waals surface area contributed by atoms with E-state index in [9.17, 15) is 13.2 Å². The molecule has 0 bridgehead atoms. The Labute approximate surface area is 122 Å². The van der Waals surface area contributed by atoms with Crippen LogP contribution in [0.5, 0.6) is 0 Å². The number of hydrogen-bond donors (Lipinski definition) is 0. The van der Waals surface area contributed by atoms with Crippen molar-refractivity contribution in [1.29, 1.82) is 0 Å². The van der Waals surface area contributed by atoms with Crippen molar-refractivity contribution in [2.45, 2.75) is 38.8 Å². The first-order valence-electron chi connectivity index (χ1n) is 7.09. The second-order valence-corrected chi connectivity index (χ2v) is 5.57. The smallest absolute Gasteiger partial charge is 0.449 e. The maximum atomic E-state index is 12.6. The van der Waals surface area contributed by atoms with Gasteiger partial charge in [0.05, 0.1) is 0 Å². The quantitative estimate of drug-likeness (QED) is 0.692. The minimum absolute atomic E-state index is 0.0127. The summed E-state index contributed by atoms with van der Waals surface area (Å²) in [4.78, 5) is 0. The summed E-state index contributed by atoms with van der Waals surface area (Å²) in [6.07, 6.45) is -2.82. The molecule has 1 aromatic carbocycles. The molecular weight excluding hydrogens is 277 g/mol. The molecule has 0 saturated heterocycles. The molecule has 0 aliphatic rings. The summed E-state index contributed by atoms with van der Waals surface area (Å²) in [5, 5.41) is 0. The van der Waals surface area contributed by atoms with Gasteiger partial charge in [0.25, 0.3) is 0 Å². The molecule has 0 aliphatic heterocycles. The molecule has 0 N–H and O–H groups in total. The van der Waals surface area contributed by atoms with Crippen molar-refractivity contribution < 1.29 is 17.6 Å². The van der Waals surface area contributed by atoms with E-state index in [1.54, 1.807) is 0 Å². The molecule has 0 unspecified atom stereocenters. The molecule has 21 heavy (non-hydrogen) atoms. The second kappa shape index (κ2) is 6.37. The first-order valence-corrected chi connectivity index (χ1v) is 7.09. The minimum atomic E-state index is -4.42. The van der Waals surface area contributed by atoms with Crippen LogP contribution in [0.2, 0.25) is 0 Å². The summed E-state index contributed by atoms with van der Waals surface area (Å²) < 4.78 is 42.9. The van der Waals surface area contributed by atoms with Gasteiger partial charge in [0, 0.05) is 5.92 Å². The summed E-state index contributed by atoms with van der Waals surface area (Å²) >= 11 is 0. The number of hydrogen-bond acceptors (Lipinski definition) is 1. The van der Waals surface area contributed by atoms with Gasteiger partial charge in [0.2, 0.25) is 5.76 Å². The summed E-state index contributed by atoms with van der Waals surface area (Å²) in [7, 11) is 0. The number of rotatable bonds is 5. The van der Waals surface area contributed by atoms with Crippen molar-refractivity contribution in [3.05, 3.63) is 59.5 Å². The van der Waals surface area contributed by atoms with Crippen molar-refractivity contribution in [3.63, 3.8) is 0 Å². The lowest BCUT2D eigenvalue weighted by Crippen LogP contribution is -2.08. The molecule has 0 fully saturated rings. The van der Waals surface area contributed by atoms with Crippen molar-refractivity contribution in [2.24, 2.45) is 5.92 Å². The Morgan fingerprint density at radius 3 is 2.19 bits per heavy atom. The topological polar surface area (TPSA) is 13.1 Å². The lowest BCUT2D eigenvalue weighted by molar-refractivity contribution is -0.153. The lowest BCUT2D eigenvalue weighted by Gasteiger charge is -2.18. The molecule has 4 heteroatoms. The summed E-state index contributed by atoms with van der Waals surface area (Å²) in [5.41, 5.74) is 1.19. The monoisotopic (exact) mass is 296 g/mol. The highest BCUT2D eigenvalue weighted by atomic mass is 19.4. The third-order valence-corrected chi connectivity index (χ3v) is 3.66. The van der Waals surface area contributed by atoms with Crippen LogP contribution in [0.4, 0.5) is 13.2 Å². The Hall–Kier alpha value is -1.71. The van der Waals surface area contributed by atoms with Gasteiger partial charge in [-0.25, -0.2) is 0 Å². The molecule has 1 nitrogen and oxygen atoms in total. The zero-order valence-corrected chi connectivity index (χ0v) is 12.2. The van der Waals surface area contributed by atoms with E-state index < -0.39 is 11.9 Å². The highest BCUT2D eigenvalue weighted by Crippen LogP contribution is 2.36. The van der Waals surface area contributed by atoms with Gasteiger partial charge in [-0.3, -0.25) is 0 Å². The third-order valence-electron chi connectivity index (χ3n) is 3.66. The second-order valence-electron chi connectivity index (χ2n) is 5.57. The van der Waals surface area contributed by atoms with Crippen LogP contribution in [-0.2, 0) is 12.6 Å². The van der Waals surface area contributed by atoms with Crippen LogP contribution in [0.1, 0.15) is 43.3 Å². The van der Waals surface area contributed by atoms with Crippen molar-refractivity contribution in [1.82, 2.24) is 0 Å². The standard InChI is InChI=1S/C17H19F3O/c1-12(2)14(9-8-13-6-4-3-5-7-13)15-10-11-16(21-15)17(18,19)20/h3-7,10-12,14H,8-9H2,1-2H3/t14-/m0/s1. The highest BCUT2D eigenvalue weighted by molar-refractivity contribution is 5.17. The van der Waals surface area contributed by atoms with E-state index in [0.29, 0.717) is 5.76 Å². The van der Waals surface area contributed by atoms with Crippen LogP contribution in [0.25, 0.3) is 0 Å². The molecule has 0 saturated carbocycles. The predicted octanol–water partition coefficient (Wildman–Crippen LogP) is 5.67. The Balaban J connectivity index is 2.10. The molecule has 1 atom stereocenters. The van der Waals surface area contributed by atoms with Gasteiger partial charge in [-0.05, 0) is 36.5 Å². The summed E-state index contributed by atoms with van der Waals surface area (Å²) in [5.74, 6) is -0.279. The Morgan fingerprint density at radius 1 is 1.00 bits per heavy atom. The normalized spacial score (nSPS) is 13.6. The highest BCUT2D eigenvalue weighted by Gasteiger charge is 2.35. The lowest BCUT2D eigenvalue weighted by atomic mass is 9.87. The van der Waals surface area contributed by atoms with Gasteiger partial charge in [-0.15, -0.1) is 0 Å². The molecule has 0 amide bonds. The van der Waals surface area contributed by atoms with Crippen LogP contribution in [0.15, 0.2) is 46.9 Å². The van der Waals surface area contributed by atoms with E-state index >= 15 is 0 Å². The van der Waals surface area contributed by atoms with E-state index in [1.165, 1.54) is 11.6 Å². The zero-order chi connectivity index (χ0) is 15.5. The Bertz CT molecular complexity index is 555. The molecular formula is C17H19F3O. The van der Waals surface area contributed by atoms with Gasteiger partial charge in [-0.1, -0.05) is 44.2 Å². The third kappa shape index (κ3) is 4.13. The average molecular weight is 296 g/mol. The number of alkyl halides is 3. The maximum absolute atomic E-state index is 12.6. The molecule has 1 heterocycles. The SMILES string of the molecule is CC(C)[C@H](CCc1ccccc1)c1ccc(C(F)(F)F)o1. The zero-order valence-electron chi connectivity index (χ0n) is 12.2. The summed E-state index contributed by atoms with van der Waals surface area (Å²) in [6.45, 7) is 4.01. The predicted molar refractivity (Wildman–Crippen MR) is 76.1 cm³/mol. The van der Waals surface area contributed by atoms with Gasteiger partial charge >= 0.3 is 6.18 Å². The fourth-order valence-corrected chi connectivity index (χ4v) is 2.48.